The van der Waals surface area contributed by atoms with Crippen LogP contribution in [0.5, 0.6) is 0 Å². The Morgan fingerprint density at radius 1 is 1.24 bits per heavy atom. The van der Waals surface area contributed by atoms with Crippen molar-refractivity contribution >= 4 is 33.3 Å². The SMILES string of the molecule is Clc1cccc(CCNc2cc(Br)ccn2)c1. The van der Waals surface area contributed by atoms with Gasteiger partial charge in [-0.25, -0.2) is 4.98 Å². The van der Waals surface area contributed by atoms with Crippen molar-refractivity contribution in [2.24, 2.45) is 0 Å². The van der Waals surface area contributed by atoms with E-state index in [0.29, 0.717) is 0 Å². The summed E-state index contributed by atoms with van der Waals surface area (Å²) in [4.78, 5) is 4.22. The van der Waals surface area contributed by atoms with Gasteiger partial charge in [-0.2, -0.15) is 0 Å². The Balaban J connectivity index is 1.87. The molecule has 0 aliphatic rings. The topological polar surface area (TPSA) is 24.9 Å². The molecule has 88 valence electrons. The standard InChI is InChI=1S/C13H12BrClN2/c14-11-5-7-17-13(9-11)16-6-4-10-2-1-3-12(15)8-10/h1-3,5,7-9H,4,6H2,(H,16,17). The molecule has 0 bridgehead atoms. The van der Waals surface area contributed by atoms with Crippen LogP contribution in [0.15, 0.2) is 47.1 Å². The van der Waals surface area contributed by atoms with Crippen LogP contribution >= 0.6 is 27.5 Å². The van der Waals surface area contributed by atoms with E-state index in [2.05, 4.69) is 32.3 Å². The second kappa shape index (κ2) is 6.03. The van der Waals surface area contributed by atoms with E-state index in [1.165, 1.54) is 5.56 Å². The Bertz CT molecular complexity index is 457. The molecule has 0 saturated heterocycles. The molecule has 0 aliphatic heterocycles. The third kappa shape index (κ3) is 4.02. The Morgan fingerprint density at radius 3 is 2.88 bits per heavy atom. The zero-order valence-electron chi connectivity index (χ0n) is 9.16. The highest BCUT2D eigenvalue weighted by molar-refractivity contribution is 9.10. The summed E-state index contributed by atoms with van der Waals surface area (Å²) < 4.78 is 1.03. The van der Waals surface area contributed by atoms with Gasteiger partial charge in [0.2, 0.25) is 0 Å². The van der Waals surface area contributed by atoms with E-state index in [4.69, 9.17) is 11.6 Å². The highest BCUT2D eigenvalue weighted by atomic mass is 79.9. The minimum atomic E-state index is 0.781. The van der Waals surface area contributed by atoms with Crippen molar-refractivity contribution in [2.45, 2.75) is 6.42 Å². The van der Waals surface area contributed by atoms with Crippen molar-refractivity contribution in [3.63, 3.8) is 0 Å². The monoisotopic (exact) mass is 310 g/mol. The van der Waals surface area contributed by atoms with E-state index in [1.54, 1.807) is 6.20 Å². The van der Waals surface area contributed by atoms with Crippen molar-refractivity contribution in [1.82, 2.24) is 4.98 Å². The summed E-state index contributed by atoms with van der Waals surface area (Å²) in [6, 6.07) is 11.8. The molecule has 2 nitrogen and oxygen atoms in total. The highest BCUT2D eigenvalue weighted by Gasteiger charge is 1.96. The maximum absolute atomic E-state index is 5.92. The Labute approximate surface area is 114 Å². The van der Waals surface area contributed by atoms with Gasteiger partial charge in [0.1, 0.15) is 5.82 Å². The number of nitrogens with zero attached hydrogens (tertiary/aromatic N) is 1. The summed E-state index contributed by atoms with van der Waals surface area (Å²) in [7, 11) is 0. The maximum Gasteiger partial charge on any atom is 0.127 e. The first-order valence-electron chi connectivity index (χ1n) is 5.34. The quantitative estimate of drug-likeness (QED) is 0.917. The number of anilines is 1. The van der Waals surface area contributed by atoms with Gasteiger partial charge < -0.3 is 5.32 Å². The average molecular weight is 312 g/mol. The number of hydrogen-bond acceptors (Lipinski definition) is 2. The van der Waals surface area contributed by atoms with Crippen LogP contribution in [-0.2, 0) is 6.42 Å². The van der Waals surface area contributed by atoms with Crippen LogP contribution in [0.25, 0.3) is 0 Å². The zero-order valence-corrected chi connectivity index (χ0v) is 11.5. The first kappa shape index (κ1) is 12.4. The second-order valence-electron chi connectivity index (χ2n) is 3.67. The summed E-state index contributed by atoms with van der Waals surface area (Å²) in [6.45, 7) is 0.837. The lowest BCUT2D eigenvalue weighted by atomic mass is 10.1. The van der Waals surface area contributed by atoms with E-state index < -0.39 is 0 Å². The normalized spacial score (nSPS) is 10.2. The smallest absolute Gasteiger partial charge is 0.127 e. The molecule has 2 aromatic rings. The molecule has 0 saturated carbocycles. The molecule has 0 aliphatic carbocycles. The molecule has 1 aromatic carbocycles. The fraction of sp³-hybridized carbons (Fsp3) is 0.154. The van der Waals surface area contributed by atoms with Crippen molar-refractivity contribution < 1.29 is 0 Å². The van der Waals surface area contributed by atoms with Gasteiger partial charge in [-0.15, -0.1) is 0 Å². The molecule has 2 rings (SSSR count). The predicted molar refractivity (Wildman–Crippen MR) is 75.6 cm³/mol. The second-order valence-corrected chi connectivity index (χ2v) is 5.02. The van der Waals surface area contributed by atoms with Crippen LogP contribution < -0.4 is 5.32 Å². The number of hydrogen-bond donors (Lipinski definition) is 1. The van der Waals surface area contributed by atoms with Gasteiger partial charge in [-0.1, -0.05) is 39.7 Å². The maximum atomic E-state index is 5.92. The lowest BCUT2D eigenvalue weighted by Gasteiger charge is -2.06. The molecule has 1 heterocycles. The van der Waals surface area contributed by atoms with Gasteiger partial charge in [0, 0.05) is 22.2 Å². The summed E-state index contributed by atoms with van der Waals surface area (Å²) in [6.07, 6.45) is 2.69. The van der Waals surface area contributed by atoms with E-state index in [-0.39, 0.29) is 0 Å². The highest BCUT2D eigenvalue weighted by Crippen LogP contribution is 2.14. The molecule has 17 heavy (non-hydrogen) atoms. The molecule has 0 unspecified atom stereocenters. The van der Waals surface area contributed by atoms with Crippen LogP contribution in [0.1, 0.15) is 5.56 Å². The fourth-order valence-electron chi connectivity index (χ4n) is 1.53. The molecular weight excluding hydrogens is 300 g/mol. The Morgan fingerprint density at radius 2 is 2.12 bits per heavy atom. The first-order chi connectivity index (χ1) is 8.24. The molecule has 0 fully saturated rings. The largest absolute Gasteiger partial charge is 0.370 e. The van der Waals surface area contributed by atoms with Gasteiger partial charge in [-0.3, -0.25) is 0 Å². The van der Waals surface area contributed by atoms with Gasteiger partial charge in [-0.05, 0) is 36.2 Å². The van der Waals surface area contributed by atoms with Gasteiger partial charge >= 0.3 is 0 Å². The van der Waals surface area contributed by atoms with Crippen molar-refractivity contribution in [3.05, 3.63) is 57.7 Å². The molecule has 0 atom stereocenters. The van der Waals surface area contributed by atoms with Gasteiger partial charge in [0.05, 0.1) is 0 Å². The molecular formula is C13H12BrClN2. The number of benzene rings is 1. The molecule has 4 heteroatoms. The van der Waals surface area contributed by atoms with Gasteiger partial charge in [0.25, 0.3) is 0 Å². The summed E-state index contributed by atoms with van der Waals surface area (Å²) in [5.74, 6) is 0.876. The number of pyridine rings is 1. The van der Waals surface area contributed by atoms with Crippen molar-refractivity contribution in [2.75, 3.05) is 11.9 Å². The van der Waals surface area contributed by atoms with Gasteiger partial charge in [0.15, 0.2) is 0 Å². The lowest BCUT2D eigenvalue weighted by Crippen LogP contribution is -2.05. The molecule has 0 spiro atoms. The fourth-order valence-corrected chi connectivity index (χ4v) is 2.08. The zero-order chi connectivity index (χ0) is 12.1. The summed E-state index contributed by atoms with van der Waals surface area (Å²) in [5.41, 5.74) is 1.22. The van der Waals surface area contributed by atoms with E-state index in [1.807, 2.05) is 30.3 Å². The Kier molecular flexibility index (Phi) is 4.40. The number of rotatable bonds is 4. The van der Waals surface area contributed by atoms with Crippen LogP contribution in [0.2, 0.25) is 5.02 Å². The minimum Gasteiger partial charge on any atom is -0.370 e. The van der Waals surface area contributed by atoms with E-state index in [9.17, 15) is 0 Å². The van der Waals surface area contributed by atoms with E-state index >= 15 is 0 Å². The van der Waals surface area contributed by atoms with Crippen LogP contribution in [0.4, 0.5) is 5.82 Å². The summed E-state index contributed by atoms with van der Waals surface area (Å²) >= 11 is 9.33. The van der Waals surface area contributed by atoms with Crippen LogP contribution in [0.3, 0.4) is 0 Å². The number of nitrogens with one attached hydrogen (secondary N) is 1. The predicted octanol–water partition coefficient (Wildman–Crippen LogP) is 4.15. The first-order valence-corrected chi connectivity index (χ1v) is 6.51. The van der Waals surface area contributed by atoms with Crippen LogP contribution in [0, 0.1) is 0 Å². The number of aromatic nitrogens is 1. The molecule has 1 N–H and O–H groups in total. The summed E-state index contributed by atoms with van der Waals surface area (Å²) in [5, 5.41) is 4.05. The number of halogens is 2. The third-order valence-corrected chi connectivity index (χ3v) is 3.06. The van der Waals surface area contributed by atoms with Crippen molar-refractivity contribution in [3.8, 4) is 0 Å². The Hall–Kier alpha value is -1.06. The molecule has 0 radical (unpaired) electrons. The average Bonchev–Trinajstić information content (AvgIpc) is 2.29. The van der Waals surface area contributed by atoms with Crippen molar-refractivity contribution in [1.29, 1.82) is 0 Å². The molecule has 1 aromatic heterocycles. The molecule has 0 amide bonds. The minimum absolute atomic E-state index is 0.781. The third-order valence-electron chi connectivity index (χ3n) is 2.33. The van der Waals surface area contributed by atoms with Crippen LogP contribution in [-0.4, -0.2) is 11.5 Å². The van der Waals surface area contributed by atoms with E-state index in [0.717, 1.165) is 28.3 Å². The lowest BCUT2D eigenvalue weighted by molar-refractivity contribution is 1.01.